The van der Waals surface area contributed by atoms with Crippen LogP contribution < -0.4 is 0 Å². The molecule has 1 aromatic heterocycles. The van der Waals surface area contributed by atoms with Crippen LogP contribution in [-0.2, 0) is 25.7 Å². The number of aliphatic carboxylic acids is 3. The van der Waals surface area contributed by atoms with Gasteiger partial charge in [-0.05, 0) is 50.5 Å². The van der Waals surface area contributed by atoms with E-state index in [9.17, 15) is 14.4 Å². The van der Waals surface area contributed by atoms with Crippen molar-refractivity contribution in [2.45, 2.75) is 57.1 Å². The highest BCUT2D eigenvalue weighted by molar-refractivity contribution is 5.88. The first kappa shape index (κ1) is 28.5. The molecule has 2 unspecified atom stereocenters. The summed E-state index contributed by atoms with van der Waals surface area (Å²) >= 11 is 0. The third kappa shape index (κ3) is 11.0. The molecular weight excluding hydrogens is 458 g/mol. The molecule has 0 aromatic carbocycles. The number of allylic oxidation sites excluding steroid dienone is 2. The van der Waals surface area contributed by atoms with E-state index in [0.29, 0.717) is 0 Å². The standard InChI is InChI=1S/C18H29N3O.C6H8O7/c1-2-5-17(6-3-1)13-21(14-18-7-12-22-15-18)10-4-9-20-11-8-19-16-20;7-3(8)1-6(13,5(11)12)2-4(9)10/h1-2,8,11,16-18H,3-7,9-10,12-15H2;13H,1-2H2,(H,7,8)(H,9,10)(H,11,12). The van der Waals surface area contributed by atoms with E-state index in [-0.39, 0.29) is 0 Å². The van der Waals surface area contributed by atoms with Crippen molar-refractivity contribution in [1.82, 2.24) is 14.5 Å². The molecule has 35 heavy (non-hydrogen) atoms. The fourth-order valence-electron chi connectivity index (χ4n) is 4.35. The van der Waals surface area contributed by atoms with Crippen LogP contribution in [0.2, 0.25) is 0 Å². The minimum absolute atomic E-state index is 0.743. The molecule has 1 saturated heterocycles. The largest absolute Gasteiger partial charge is 0.481 e. The van der Waals surface area contributed by atoms with Gasteiger partial charge in [-0.1, -0.05) is 12.2 Å². The minimum Gasteiger partial charge on any atom is -0.481 e. The summed E-state index contributed by atoms with van der Waals surface area (Å²) in [6, 6.07) is 0. The van der Waals surface area contributed by atoms with Gasteiger partial charge in [0.25, 0.3) is 0 Å². The molecule has 0 bridgehead atoms. The Morgan fingerprint density at radius 3 is 2.29 bits per heavy atom. The third-order valence-corrected chi connectivity index (χ3v) is 6.17. The number of aromatic nitrogens is 2. The van der Waals surface area contributed by atoms with Crippen LogP contribution in [0.15, 0.2) is 30.9 Å². The number of carboxylic acid groups (broad SMARTS) is 3. The van der Waals surface area contributed by atoms with Gasteiger partial charge in [-0.3, -0.25) is 9.59 Å². The average molecular weight is 496 g/mol. The number of imidazole rings is 1. The lowest BCUT2D eigenvalue weighted by Crippen LogP contribution is -2.42. The molecule has 2 aliphatic rings. The lowest BCUT2D eigenvalue weighted by Gasteiger charge is -2.30. The van der Waals surface area contributed by atoms with Gasteiger partial charge >= 0.3 is 17.9 Å². The third-order valence-electron chi connectivity index (χ3n) is 6.17. The predicted molar refractivity (Wildman–Crippen MR) is 126 cm³/mol. The van der Waals surface area contributed by atoms with Crippen molar-refractivity contribution >= 4 is 17.9 Å². The van der Waals surface area contributed by atoms with E-state index in [2.05, 4.69) is 32.8 Å². The zero-order valence-corrected chi connectivity index (χ0v) is 20.0. The maximum Gasteiger partial charge on any atom is 0.336 e. The normalized spacial score (nSPS) is 19.8. The van der Waals surface area contributed by atoms with Crippen LogP contribution in [0.25, 0.3) is 0 Å². The van der Waals surface area contributed by atoms with Crippen LogP contribution in [0.5, 0.6) is 0 Å². The fraction of sp³-hybridized carbons (Fsp3) is 0.667. The first-order chi connectivity index (χ1) is 16.7. The lowest BCUT2D eigenvalue weighted by atomic mass is 9.93. The van der Waals surface area contributed by atoms with Crippen molar-refractivity contribution in [2.24, 2.45) is 11.8 Å². The number of carboxylic acids is 3. The number of hydrogen-bond donors (Lipinski definition) is 4. The smallest absolute Gasteiger partial charge is 0.336 e. The Kier molecular flexibility index (Phi) is 11.9. The van der Waals surface area contributed by atoms with Gasteiger partial charge in [0.2, 0.25) is 0 Å². The van der Waals surface area contributed by atoms with Crippen LogP contribution in [-0.4, -0.2) is 91.2 Å². The van der Waals surface area contributed by atoms with Crippen LogP contribution in [0.1, 0.15) is 44.9 Å². The van der Waals surface area contributed by atoms with E-state index in [1.165, 1.54) is 51.7 Å². The number of aliphatic hydroxyl groups is 1. The summed E-state index contributed by atoms with van der Waals surface area (Å²) in [5.74, 6) is -3.43. The second-order valence-corrected chi connectivity index (χ2v) is 9.27. The van der Waals surface area contributed by atoms with Crippen LogP contribution in [0.4, 0.5) is 0 Å². The van der Waals surface area contributed by atoms with Gasteiger partial charge in [0.15, 0.2) is 5.60 Å². The summed E-state index contributed by atoms with van der Waals surface area (Å²) in [6.45, 7) is 6.65. The van der Waals surface area contributed by atoms with Crippen LogP contribution in [0.3, 0.4) is 0 Å². The Bertz CT molecular complexity index is 805. The Morgan fingerprint density at radius 2 is 1.77 bits per heavy atom. The summed E-state index contributed by atoms with van der Waals surface area (Å²) < 4.78 is 7.74. The number of ether oxygens (including phenoxy) is 1. The van der Waals surface area contributed by atoms with Gasteiger partial charge in [-0.15, -0.1) is 0 Å². The molecule has 0 amide bonds. The SMILES string of the molecule is C1=CCC(CN(CCCn2ccnc2)CC2CCOC2)CC1.O=C(O)CC(O)(CC(=O)O)C(=O)O. The van der Waals surface area contributed by atoms with Crippen LogP contribution >= 0.6 is 0 Å². The van der Waals surface area contributed by atoms with E-state index in [0.717, 1.165) is 31.6 Å². The molecular formula is C24H37N3O8. The number of nitrogens with zero attached hydrogens (tertiary/aromatic N) is 3. The van der Waals surface area contributed by atoms with Gasteiger partial charge in [0.1, 0.15) is 0 Å². The zero-order valence-electron chi connectivity index (χ0n) is 20.0. The van der Waals surface area contributed by atoms with Gasteiger partial charge in [-0.2, -0.15) is 0 Å². The first-order valence-corrected chi connectivity index (χ1v) is 12.0. The summed E-state index contributed by atoms with van der Waals surface area (Å²) in [7, 11) is 0. The minimum atomic E-state index is -2.74. The topological polar surface area (TPSA) is 162 Å². The molecule has 0 radical (unpaired) electrons. The molecule has 1 aromatic rings. The molecule has 2 heterocycles. The zero-order chi connectivity index (χ0) is 25.7. The Morgan fingerprint density at radius 1 is 1.06 bits per heavy atom. The van der Waals surface area contributed by atoms with Crippen LogP contribution in [0, 0.1) is 11.8 Å². The Balaban J connectivity index is 0.000000287. The molecule has 0 spiro atoms. The predicted octanol–water partition coefficient (Wildman–Crippen LogP) is 1.72. The highest BCUT2D eigenvalue weighted by Gasteiger charge is 2.40. The maximum atomic E-state index is 10.3. The molecule has 1 aliphatic carbocycles. The lowest BCUT2D eigenvalue weighted by molar-refractivity contribution is -0.170. The number of aryl methyl sites for hydroxylation is 1. The molecule has 11 nitrogen and oxygen atoms in total. The fourth-order valence-corrected chi connectivity index (χ4v) is 4.35. The average Bonchev–Trinajstić information content (AvgIpc) is 3.48. The van der Waals surface area contributed by atoms with E-state index in [4.69, 9.17) is 25.2 Å². The Hall–Kier alpha value is -2.76. The second-order valence-electron chi connectivity index (χ2n) is 9.27. The number of hydrogen-bond acceptors (Lipinski definition) is 7. The van der Waals surface area contributed by atoms with Crippen molar-refractivity contribution in [3.63, 3.8) is 0 Å². The van der Waals surface area contributed by atoms with E-state index >= 15 is 0 Å². The summed E-state index contributed by atoms with van der Waals surface area (Å²) in [5, 5.41) is 33.8. The van der Waals surface area contributed by atoms with Crippen molar-refractivity contribution in [3.8, 4) is 0 Å². The van der Waals surface area contributed by atoms with Gasteiger partial charge < -0.3 is 34.6 Å². The highest BCUT2D eigenvalue weighted by Crippen LogP contribution is 2.21. The van der Waals surface area contributed by atoms with Gasteiger partial charge in [-0.25, -0.2) is 9.78 Å². The van der Waals surface area contributed by atoms with E-state index < -0.39 is 36.4 Å². The first-order valence-electron chi connectivity index (χ1n) is 12.0. The summed E-state index contributed by atoms with van der Waals surface area (Å²) in [5.41, 5.74) is -2.74. The van der Waals surface area contributed by atoms with Crippen molar-refractivity contribution < 1.29 is 39.5 Å². The summed E-state index contributed by atoms with van der Waals surface area (Å²) in [4.78, 5) is 37.3. The quantitative estimate of drug-likeness (QED) is 0.296. The van der Waals surface area contributed by atoms with E-state index in [1.807, 2.05) is 12.5 Å². The molecule has 11 heteroatoms. The van der Waals surface area contributed by atoms with E-state index in [1.54, 1.807) is 0 Å². The van der Waals surface area contributed by atoms with Crippen molar-refractivity contribution in [3.05, 3.63) is 30.9 Å². The molecule has 1 fully saturated rings. The monoisotopic (exact) mass is 495 g/mol. The number of rotatable bonds is 13. The van der Waals surface area contributed by atoms with Crippen molar-refractivity contribution in [2.75, 3.05) is 32.8 Å². The second kappa shape index (κ2) is 14.6. The molecule has 3 rings (SSSR count). The molecule has 196 valence electrons. The Labute approximate surface area is 205 Å². The molecule has 4 N–H and O–H groups in total. The van der Waals surface area contributed by atoms with Crippen molar-refractivity contribution in [1.29, 1.82) is 0 Å². The molecule has 1 aliphatic heterocycles. The molecule has 0 saturated carbocycles. The van der Waals surface area contributed by atoms with Gasteiger partial charge in [0.05, 0.1) is 25.8 Å². The maximum absolute atomic E-state index is 10.3. The highest BCUT2D eigenvalue weighted by atomic mass is 16.5. The summed E-state index contributed by atoms with van der Waals surface area (Å²) in [6.07, 6.45) is 14.6. The number of carbonyl (C=O) groups is 3. The molecule has 2 atom stereocenters. The van der Waals surface area contributed by atoms with Gasteiger partial charge in [0, 0.05) is 38.6 Å².